The topological polar surface area (TPSA) is 95.7 Å². The van der Waals surface area contributed by atoms with Crippen LogP contribution in [0, 0.1) is 6.92 Å². The Bertz CT molecular complexity index is 462. The van der Waals surface area contributed by atoms with Crippen molar-refractivity contribution in [3.8, 4) is 0 Å². The molecule has 0 fully saturated rings. The predicted molar refractivity (Wildman–Crippen MR) is 68.8 cm³/mol. The number of aromatic nitrogens is 1. The third-order valence-corrected chi connectivity index (χ3v) is 2.50. The number of nitrogens with zero attached hydrogens (tertiary/aromatic N) is 2. The monoisotopic (exact) mass is 269 g/mol. The summed E-state index contributed by atoms with van der Waals surface area (Å²) in [5, 5.41) is 15.0. The fourth-order valence-corrected chi connectivity index (χ4v) is 1.47. The average molecular weight is 269 g/mol. The average Bonchev–Trinajstić information content (AvgIpc) is 2.60. The van der Waals surface area contributed by atoms with Crippen LogP contribution in [0.5, 0.6) is 0 Å². The number of nitrogens with one attached hydrogen (secondary N) is 1. The number of amides is 1. The van der Waals surface area contributed by atoms with Crippen LogP contribution in [0.4, 0.5) is 5.88 Å². The zero-order valence-electron chi connectivity index (χ0n) is 11.6. The van der Waals surface area contributed by atoms with Crippen LogP contribution in [-0.4, -0.2) is 45.7 Å². The van der Waals surface area contributed by atoms with Gasteiger partial charge in [-0.1, -0.05) is 5.16 Å². The van der Waals surface area contributed by atoms with E-state index in [1.807, 2.05) is 20.8 Å². The molecule has 1 aromatic rings. The van der Waals surface area contributed by atoms with Crippen molar-refractivity contribution in [2.24, 2.45) is 0 Å². The van der Waals surface area contributed by atoms with Gasteiger partial charge in [0, 0.05) is 11.6 Å². The van der Waals surface area contributed by atoms with E-state index in [-0.39, 0.29) is 24.9 Å². The van der Waals surface area contributed by atoms with Crippen LogP contribution in [0.1, 0.15) is 26.5 Å². The summed E-state index contributed by atoms with van der Waals surface area (Å²) >= 11 is 0. The number of aliphatic carboxylic acids is 1. The molecular weight excluding hydrogens is 250 g/mol. The molecule has 1 rings (SSSR count). The smallest absolute Gasteiger partial charge is 0.317 e. The number of hydrogen-bond acceptors (Lipinski definition) is 5. The summed E-state index contributed by atoms with van der Waals surface area (Å²) in [7, 11) is 0. The Morgan fingerprint density at radius 3 is 2.47 bits per heavy atom. The molecule has 0 unspecified atom stereocenters. The number of carboxylic acids is 1. The molecule has 1 amide bonds. The van der Waals surface area contributed by atoms with Gasteiger partial charge in [-0.3, -0.25) is 19.8 Å². The number of anilines is 1. The number of aryl methyl sites for hydroxylation is 1. The maximum atomic E-state index is 11.8. The van der Waals surface area contributed by atoms with Crippen molar-refractivity contribution in [3.05, 3.63) is 11.8 Å². The standard InChI is InChI=1S/C12H19N3O4/c1-8-5-10(19-14-8)13-9(16)6-15(7-11(17)18)12(2,3)4/h5H,6-7H2,1-4H3,(H,13,16)(H,17,18). The highest BCUT2D eigenvalue weighted by Gasteiger charge is 2.25. The first kappa shape index (κ1) is 15.2. The molecule has 2 N–H and O–H groups in total. The highest BCUT2D eigenvalue weighted by Crippen LogP contribution is 2.13. The number of carboxylic acid groups (broad SMARTS) is 1. The van der Waals surface area contributed by atoms with E-state index < -0.39 is 11.5 Å². The third-order valence-electron chi connectivity index (χ3n) is 2.50. The fourth-order valence-electron chi connectivity index (χ4n) is 1.47. The van der Waals surface area contributed by atoms with Crippen molar-refractivity contribution < 1.29 is 19.2 Å². The van der Waals surface area contributed by atoms with Gasteiger partial charge in [-0.05, 0) is 27.7 Å². The van der Waals surface area contributed by atoms with Gasteiger partial charge in [0.15, 0.2) is 0 Å². The molecule has 1 heterocycles. The number of carbonyl (C=O) groups is 2. The summed E-state index contributed by atoms with van der Waals surface area (Å²) in [4.78, 5) is 24.2. The molecule has 0 spiro atoms. The molecule has 7 heteroatoms. The summed E-state index contributed by atoms with van der Waals surface area (Å²) in [6.45, 7) is 7.05. The van der Waals surface area contributed by atoms with Crippen molar-refractivity contribution >= 4 is 17.8 Å². The van der Waals surface area contributed by atoms with Crippen molar-refractivity contribution in [1.29, 1.82) is 0 Å². The summed E-state index contributed by atoms with van der Waals surface area (Å²) in [5.41, 5.74) is 0.237. The Morgan fingerprint density at radius 1 is 1.42 bits per heavy atom. The summed E-state index contributed by atoms with van der Waals surface area (Å²) in [6, 6.07) is 1.59. The van der Waals surface area contributed by atoms with E-state index in [0.29, 0.717) is 5.69 Å². The van der Waals surface area contributed by atoms with Crippen LogP contribution in [0.2, 0.25) is 0 Å². The van der Waals surface area contributed by atoms with Crippen LogP contribution >= 0.6 is 0 Å². The first-order chi connectivity index (χ1) is 8.68. The van der Waals surface area contributed by atoms with E-state index >= 15 is 0 Å². The van der Waals surface area contributed by atoms with Gasteiger partial charge >= 0.3 is 5.97 Å². The minimum atomic E-state index is -0.974. The molecule has 0 aliphatic rings. The van der Waals surface area contributed by atoms with Crippen molar-refractivity contribution in [1.82, 2.24) is 10.1 Å². The lowest BCUT2D eigenvalue weighted by molar-refractivity contribution is -0.140. The van der Waals surface area contributed by atoms with E-state index in [9.17, 15) is 9.59 Å². The van der Waals surface area contributed by atoms with Gasteiger partial charge in [-0.25, -0.2) is 0 Å². The number of rotatable bonds is 5. The first-order valence-corrected chi connectivity index (χ1v) is 5.88. The predicted octanol–water partition coefficient (Wildman–Crippen LogP) is 1.11. The van der Waals surface area contributed by atoms with Gasteiger partial charge in [0.2, 0.25) is 11.8 Å². The SMILES string of the molecule is Cc1cc(NC(=O)CN(CC(=O)O)C(C)(C)C)on1. The molecule has 0 aliphatic carbocycles. The third kappa shape index (κ3) is 5.09. The molecule has 106 valence electrons. The second kappa shape index (κ2) is 5.83. The van der Waals surface area contributed by atoms with Gasteiger partial charge < -0.3 is 9.63 Å². The number of carbonyl (C=O) groups excluding carboxylic acids is 1. The molecule has 1 aromatic heterocycles. The van der Waals surface area contributed by atoms with E-state index in [0.717, 1.165) is 0 Å². The fraction of sp³-hybridized carbons (Fsp3) is 0.583. The lowest BCUT2D eigenvalue weighted by Gasteiger charge is -2.33. The maximum Gasteiger partial charge on any atom is 0.317 e. The van der Waals surface area contributed by atoms with Crippen LogP contribution in [0.3, 0.4) is 0 Å². The van der Waals surface area contributed by atoms with Crippen LogP contribution in [-0.2, 0) is 9.59 Å². The molecule has 0 atom stereocenters. The van der Waals surface area contributed by atoms with Crippen LogP contribution in [0.15, 0.2) is 10.6 Å². The molecule has 0 saturated carbocycles. The van der Waals surface area contributed by atoms with Crippen LogP contribution < -0.4 is 5.32 Å². The zero-order valence-corrected chi connectivity index (χ0v) is 11.6. The van der Waals surface area contributed by atoms with E-state index in [4.69, 9.17) is 9.63 Å². The summed E-state index contributed by atoms with van der Waals surface area (Å²) in [5.74, 6) is -1.06. The Kier molecular flexibility index (Phi) is 4.66. The van der Waals surface area contributed by atoms with Gasteiger partial charge in [-0.15, -0.1) is 0 Å². The molecule has 0 aliphatic heterocycles. The zero-order chi connectivity index (χ0) is 14.6. The lowest BCUT2D eigenvalue weighted by atomic mass is 10.1. The highest BCUT2D eigenvalue weighted by molar-refractivity contribution is 5.91. The quantitative estimate of drug-likeness (QED) is 0.831. The lowest BCUT2D eigenvalue weighted by Crippen LogP contribution is -2.48. The minimum Gasteiger partial charge on any atom is -0.480 e. The molecule has 19 heavy (non-hydrogen) atoms. The molecule has 0 aromatic carbocycles. The molecule has 0 bridgehead atoms. The molecule has 7 nitrogen and oxygen atoms in total. The molecular formula is C12H19N3O4. The van der Waals surface area contributed by atoms with Gasteiger partial charge in [-0.2, -0.15) is 0 Å². The van der Waals surface area contributed by atoms with Crippen molar-refractivity contribution in [2.75, 3.05) is 18.4 Å². The minimum absolute atomic E-state index is 0.0322. The Morgan fingerprint density at radius 2 is 2.05 bits per heavy atom. The largest absolute Gasteiger partial charge is 0.480 e. The second-order valence-electron chi connectivity index (χ2n) is 5.30. The van der Waals surface area contributed by atoms with E-state index in [1.54, 1.807) is 17.9 Å². The molecule has 0 radical (unpaired) electrons. The number of hydrogen-bond donors (Lipinski definition) is 2. The van der Waals surface area contributed by atoms with Crippen LogP contribution in [0.25, 0.3) is 0 Å². The second-order valence-corrected chi connectivity index (χ2v) is 5.30. The summed E-state index contributed by atoms with van der Waals surface area (Å²) < 4.78 is 4.87. The van der Waals surface area contributed by atoms with E-state index in [2.05, 4.69) is 10.5 Å². The van der Waals surface area contributed by atoms with Gasteiger partial charge in [0.1, 0.15) is 0 Å². The van der Waals surface area contributed by atoms with Gasteiger partial charge in [0.05, 0.1) is 18.8 Å². The normalized spacial score (nSPS) is 11.6. The Balaban J connectivity index is 2.63. The van der Waals surface area contributed by atoms with Gasteiger partial charge in [0.25, 0.3) is 0 Å². The van der Waals surface area contributed by atoms with E-state index in [1.165, 1.54) is 0 Å². The van der Waals surface area contributed by atoms with Crippen molar-refractivity contribution in [3.63, 3.8) is 0 Å². The molecule has 0 saturated heterocycles. The highest BCUT2D eigenvalue weighted by atomic mass is 16.5. The van der Waals surface area contributed by atoms with Crippen molar-refractivity contribution in [2.45, 2.75) is 33.2 Å². The summed E-state index contributed by atoms with van der Waals surface area (Å²) in [6.07, 6.45) is 0. The first-order valence-electron chi connectivity index (χ1n) is 5.88. The Labute approximate surface area is 111 Å². The Hall–Kier alpha value is -1.89. The maximum absolute atomic E-state index is 11.8.